The number of Topliss-reactive ketones (excluding diaryl/α,β-unsaturated/α-hetero) is 1. The van der Waals surface area contributed by atoms with Gasteiger partial charge < -0.3 is 10.3 Å². The predicted molar refractivity (Wildman–Crippen MR) is 93.6 cm³/mol. The van der Waals surface area contributed by atoms with Crippen LogP contribution in [0.25, 0.3) is 21.8 Å². The second kappa shape index (κ2) is 6.25. The molecule has 0 saturated heterocycles. The third-order valence-electron chi connectivity index (χ3n) is 3.98. The van der Waals surface area contributed by atoms with E-state index < -0.39 is 0 Å². The van der Waals surface area contributed by atoms with Crippen LogP contribution < -0.4 is 11.3 Å². The second-order valence-corrected chi connectivity index (χ2v) is 6.45. The zero-order valence-corrected chi connectivity index (χ0v) is 14.3. The highest BCUT2D eigenvalue weighted by Crippen LogP contribution is 2.26. The van der Waals surface area contributed by atoms with Gasteiger partial charge in [-0.3, -0.25) is 14.7 Å². The Morgan fingerprint density at radius 3 is 2.96 bits per heavy atom. The van der Waals surface area contributed by atoms with Gasteiger partial charge in [-0.05, 0) is 31.5 Å². The van der Waals surface area contributed by atoms with E-state index in [9.17, 15) is 9.59 Å². The van der Waals surface area contributed by atoms with Gasteiger partial charge in [-0.25, -0.2) is 0 Å². The molecule has 2 aromatic heterocycles. The van der Waals surface area contributed by atoms with Gasteiger partial charge in [0.15, 0.2) is 0 Å². The average molecular weight is 377 g/mol. The van der Waals surface area contributed by atoms with Crippen LogP contribution in [0.5, 0.6) is 0 Å². The van der Waals surface area contributed by atoms with Crippen molar-refractivity contribution in [3.8, 4) is 0 Å². The normalized spacial score (nSPS) is 11.4. The van der Waals surface area contributed by atoms with Gasteiger partial charge in [0.1, 0.15) is 11.3 Å². The average Bonchev–Trinajstić information content (AvgIpc) is 2.92. The maximum atomic E-state index is 12.8. The first-order valence-electron chi connectivity index (χ1n) is 7.41. The van der Waals surface area contributed by atoms with Crippen molar-refractivity contribution < 1.29 is 4.79 Å². The van der Waals surface area contributed by atoms with Gasteiger partial charge in [-0.15, -0.1) is 0 Å². The van der Waals surface area contributed by atoms with Crippen LogP contribution in [0.2, 0.25) is 0 Å². The van der Waals surface area contributed by atoms with Crippen molar-refractivity contribution in [2.45, 2.75) is 26.3 Å². The van der Waals surface area contributed by atoms with Crippen LogP contribution in [0, 0.1) is 6.92 Å². The van der Waals surface area contributed by atoms with E-state index >= 15 is 0 Å². The van der Waals surface area contributed by atoms with E-state index in [0.29, 0.717) is 30.3 Å². The second-order valence-electron chi connectivity index (χ2n) is 5.54. The minimum absolute atomic E-state index is 0.00525. The van der Waals surface area contributed by atoms with Crippen molar-refractivity contribution in [3.05, 3.63) is 38.7 Å². The van der Waals surface area contributed by atoms with Crippen molar-refractivity contribution in [3.63, 3.8) is 0 Å². The van der Waals surface area contributed by atoms with Crippen LogP contribution in [0.3, 0.4) is 0 Å². The molecular weight excluding hydrogens is 360 g/mol. The molecule has 0 spiro atoms. The summed E-state index contributed by atoms with van der Waals surface area (Å²) in [6.07, 6.45) is 0.965. The largest absolute Gasteiger partial charge is 0.324 e. The van der Waals surface area contributed by atoms with Crippen molar-refractivity contribution in [1.82, 2.24) is 14.8 Å². The van der Waals surface area contributed by atoms with Gasteiger partial charge in [0.05, 0.1) is 17.4 Å². The number of H-pyrrole nitrogens is 1. The molecule has 0 aliphatic carbocycles. The Hall–Kier alpha value is -1.99. The highest BCUT2D eigenvalue weighted by atomic mass is 79.9. The highest BCUT2D eigenvalue weighted by Gasteiger charge is 2.15. The predicted octanol–water partition coefficient (Wildman–Crippen LogP) is 2.26. The third-order valence-corrected chi connectivity index (χ3v) is 4.47. The molecule has 0 fully saturated rings. The molecule has 3 aromatic rings. The molecule has 1 aromatic carbocycles. The third kappa shape index (κ3) is 2.82. The number of nitrogens with two attached hydrogens (primary N) is 1. The van der Waals surface area contributed by atoms with Crippen molar-refractivity contribution in [2.75, 3.05) is 6.54 Å². The molecular formula is C16H17BrN4O2. The zero-order valence-electron chi connectivity index (χ0n) is 12.7. The van der Waals surface area contributed by atoms with Gasteiger partial charge in [0, 0.05) is 28.5 Å². The summed E-state index contributed by atoms with van der Waals surface area (Å²) in [5, 5.41) is 8.68. The number of aryl methyl sites for hydroxylation is 2. The Balaban J connectivity index is 2.17. The monoisotopic (exact) mass is 376 g/mol. The standard InChI is InChI=1S/C16H17BrN4O2/c1-9-14-15(20-19-9)12-7-10(17)4-5-13(12)21(16(14)23)6-2-3-11(22)8-18/h4-5,7H,2-3,6,8,18H2,1H3,(H,19,20). The molecule has 0 bridgehead atoms. The lowest BCUT2D eigenvalue weighted by atomic mass is 10.1. The lowest BCUT2D eigenvalue weighted by Crippen LogP contribution is -2.22. The molecule has 2 heterocycles. The van der Waals surface area contributed by atoms with Crippen LogP contribution in [-0.2, 0) is 11.3 Å². The lowest BCUT2D eigenvalue weighted by Gasteiger charge is -2.11. The van der Waals surface area contributed by atoms with E-state index in [1.54, 1.807) is 4.57 Å². The summed E-state index contributed by atoms with van der Waals surface area (Å²) in [5.41, 5.74) is 7.50. The number of ketones is 1. The Morgan fingerprint density at radius 2 is 2.22 bits per heavy atom. The van der Waals surface area contributed by atoms with Gasteiger partial charge in [-0.1, -0.05) is 15.9 Å². The molecule has 6 nitrogen and oxygen atoms in total. The summed E-state index contributed by atoms with van der Waals surface area (Å²) in [6, 6.07) is 5.75. The molecule has 0 aliphatic heterocycles. The number of nitrogens with one attached hydrogen (secondary N) is 1. The fourth-order valence-electron chi connectivity index (χ4n) is 2.82. The van der Waals surface area contributed by atoms with Gasteiger partial charge in [0.2, 0.25) is 0 Å². The fraction of sp³-hybridized carbons (Fsp3) is 0.312. The molecule has 3 rings (SSSR count). The van der Waals surface area contributed by atoms with Gasteiger partial charge in [0.25, 0.3) is 5.56 Å². The van der Waals surface area contributed by atoms with Crippen molar-refractivity contribution in [2.24, 2.45) is 5.73 Å². The van der Waals surface area contributed by atoms with E-state index in [2.05, 4.69) is 26.1 Å². The smallest absolute Gasteiger partial charge is 0.262 e. The molecule has 0 atom stereocenters. The maximum absolute atomic E-state index is 12.8. The molecule has 7 heteroatoms. The molecule has 120 valence electrons. The Bertz CT molecular complexity index is 958. The van der Waals surface area contributed by atoms with E-state index in [0.717, 1.165) is 21.1 Å². The Morgan fingerprint density at radius 1 is 1.43 bits per heavy atom. The Kier molecular flexibility index (Phi) is 4.32. The number of benzene rings is 1. The maximum Gasteiger partial charge on any atom is 0.262 e. The van der Waals surface area contributed by atoms with E-state index in [1.165, 1.54) is 0 Å². The van der Waals surface area contributed by atoms with E-state index in [-0.39, 0.29) is 17.9 Å². The van der Waals surface area contributed by atoms with Crippen LogP contribution in [0.15, 0.2) is 27.5 Å². The van der Waals surface area contributed by atoms with E-state index in [4.69, 9.17) is 5.73 Å². The first-order chi connectivity index (χ1) is 11.0. The Labute approximate surface area is 140 Å². The van der Waals surface area contributed by atoms with E-state index in [1.807, 2.05) is 25.1 Å². The number of nitrogens with zero attached hydrogens (tertiary/aromatic N) is 2. The van der Waals surface area contributed by atoms with Crippen molar-refractivity contribution >= 4 is 43.5 Å². The summed E-state index contributed by atoms with van der Waals surface area (Å²) >= 11 is 3.47. The molecule has 3 N–H and O–H groups in total. The number of hydrogen-bond donors (Lipinski definition) is 2. The number of fused-ring (bicyclic) bond motifs is 3. The minimum Gasteiger partial charge on any atom is -0.324 e. The number of carbonyl (C=O) groups is 1. The zero-order chi connectivity index (χ0) is 16.6. The van der Waals surface area contributed by atoms with Crippen LogP contribution in [-0.4, -0.2) is 27.1 Å². The summed E-state index contributed by atoms with van der Waals surface area (Å²) in [5.74, 6) is 0.00525. The first-order valence-corrected chi connectivity index (χ1v) is 8.20. The number of hydrogen-bond acceptors (Lipinski definition) is 4. The molecule has 0 unspecified atom stereocenters. The quantitative estimate of drug-likeness (QED) is 0.713. The summed E-state index contributed by atoms with van der Waals surface area (Å²) in [4.78, 5) is 24.2. The molecule has 0 radical (unpaired) electrons. The topological polar surface area (TPSA) is 93.8 Å². The molecule has 0 aliphatic rings. The van der Waals surface area contributed by atoms with Gasteiger partial charge in [-0.2, -0.15) is 5.10 Å². The molecule has 0 amide bonds. The van der Waals surface area contributed by atoms with Gasteiger partial charge >= 0.3 is 0 Å². The number of rotatable bonds is 5. The molecule has 0 saturated carbocycles. The summed E-state index contributed by atoms with van der Waals surface area (Å²) in [7, 11) is 0. The fourth-order valence-corrected chi connectivity index (χ4v) is 3.18. The first kappa shape index (κ1) is 15.9. The van der Waals surface area contributed by atoms with Crippen LogP contribution in [0.1, 0.15) is 18.5 Å². The number of pyridine rings is 1. The highest BCUT2D eigenvalue weighted by molar-refractivity contribution is 9.10. The summed E-state index contributed by atoms with van der Waals surface area (Å²) in [6.45, 7) is 2.36. The number of halogens is 1. The summed E-state index contributed by atoms with van der Waals surface area (Å²) < 4.78 is 2.65. The van der Waals surface area contributed by atoms with Crippen molar-refractivity contribution in [1.29, 1.82) is 0 Å². The number of carbonyl (C=O) groups excluding carboxylic acids is 1. The minimum atomic E-state index is -0.0822. The van der Waals surface area contributed by atoms with Crippen LogP contribution in [0.4, 0.5) is 0 Å². The lowest BCUT2D eigenvalue weighted by molar-refractivity contribution is -0.117. The molecule has 23 heavy (non-hydrogen) atoms. The van der Waals surface area contributed by atoms with Crippen LogP contribution >= 0.6 is 15.9 Å². The number of aromatic nitrogens is 3. The number of aromatic amines is 1. The SMILES string of the molecule is Cc1[nH]nc2c1c(=O)n(CCCC(=O)CN)c1ccc(Br)cc21.